The first-order valence-corrected chi connectivity index (χ1v) is 6.87. The summed E-state index contributed by atoms with van der Waals surface area (Å²) in [4.78, 5) is 27.1. The number of urea groups is 1. The van der Waals surface area contributed by atoms with Crippen LogP contribution in [0.4, 0.5) is 4.79 Å². The summed E-state index contributed by atoms with van der Waals surface area (Å²) in [6.45, 7) is 7.30. The van der Waals surface area contributed by atoms with E-state index in [4.69, 9.17) is 5.11 Å². The molecule has 2 amide bonds. The van der Waals surface area contributed by atoms with Gasteiger partial charge in [-0.15, -0.1) is 0 Å². The van der Waals surface area contributed by atoms with Gasteiger partial charge in [-0.2, -0.15) is 0 Å². The number of piperazine rings is 1. The van der Waals surface area contributed by atoms with Crippen LogP contribution >= 0.6 is 0 Å². The second kappa shape index (κ2) is 6.75. The van der Waals surface area contributed by atoms with Crippen LogP contribution in [0.1, 0.15) is 33.6 Å². The average Bonchev–Trinajstić information content (AvgIpc) is 2.34. The third-order valence-electron chi connectivity index (χ3n) is 3.82. The predicted molar refractivity (Wildman–Crippen MR) is 73.1 cm³/mol. The maximum atomic E-state index is 12.1. The standard InChI is InChI=1S/C13H25N3O3/c1-5-6-11(12(17)18)14-13(19)16-7-9(2)15(4)10(3)8-16/h9-11H,5-8H2,1-4H3,(H,14,19)(H,17,18). The zero-order valence-corrected chi connectivity index (χ0v) is 12.2. The number of carbonyl (C=O) groups is 2. The fourth-order valence-electron chi connectivity index (χ4n) is 2.36. The van der Waals surface area contributed by atoms with Crippen LogP contribution in [0.2, 0.25) is 0 Å². The Morgan fingerprint density at radius 1 is 1.32 bits per heavy atom. The van der Waals surface area contributed by atoms with Crippen molar-refractivity contribution in [1.29, 1.82) is 0 Å². The second-order valence-electron chi connectivity index (χ2n) is 5.40. The molecule has 6 heteroatoms. The highest BCUT2D eigenvalue weighted by Crippen LogP contribution is 2.13. The van der Waals surface area contributed by atoms with E-state index < -0.39 is 12.0 Å². The summed E-state index contributed by atoms with van der Waals surface area (Å²) in [5.41, 5.74) is 0. The van der Waals surface area contributed by atoms with E-state index in [9.17, 15) is 9.59 Å². The Hall–Kier alpha value is -1.30. The maximum absolute atomic E-state index is 12.1. The van der Waals surface area contributed by atoms with E-state index in [1.807, 2.05) is 14.0 Å². The Labute approximate surface area is 114 Å². The van der Waals surface area contributed by atoms with E-state index in [0.717, 1.165) is 6.42 Å². The third kappa shape index (κ3) is 4.09. The Balaban J connectivity index is 2.60. The fraction of sp³-hybridized carbons (Fsp3) is 0.846. The van der Waals surface area contributed by atoms with Gasteiger partial charge in [0.05, 0.1) is 0 Å². The van der Waals surface area contributed by atoms with Crippen LogP contribution in [0.3, 0.4) is 0 Å². The molecule has 0 aromatic carbocycles. The minimum absolute atomic E-state index is 0.271. The van der Waals surface area contributed by atoms with Crippen molar-refractivity contribution in [3.8, 4) is 0 Å². The Morgan fingerprint density at radius 2 is 1.84 bits per heavy atom. The summed E-state index contributed by atoms with van der Waals surface area (Å²) in [6.07, 6.45) is 1.19. The highest BCUT2D eigenvalue weighted by molar-refractivity contribution is 5.82. The van der Waals surface area contributed by atoms with Gasteiger partial charge in [-0.25, -0.2) is 9.59 Å². The maximum Gasteiger partial charge on any atom is 0.326 e. The highest BCUT2D eigenvalue weighted by Gasteiger charge is 2.30. The zero-order chi connectivity index (χ0) is 14.6. The number of nitrogens with one attached hydrogen (secondary N) is 1. The number of hydrogen-bond acceptors (Lipinski definition) is 3. The van der Waals surface area contributed by atoms with E-state index in [-0.39, 0.29) is 18.1 Å². The number of aliphatic carboxylic acids is 1. The molecule has 0 aromatic heterocycles. The molecular weight excluding hydrogens is 246 g/mol. The van der Waals surface area contributed by atoms with Gasteiger partial charge in [0.25, 0.3) is 0 Å². The van der Waals surface area contributed by atoms with E-state index in [1.165, 1.54) is 0 Å². The van der Waals surface area contributed by atoms with Crippen molar-refractivity contribution in [2.24, 2.45) is 0 Å². The summed E-state index contributed by atoms with van der Waals surface area (Å²) in [6, 6.07) is -0.497. The second-order valence-corrected chi connectivity index (χ2v) is 5.40. The molecule has 1 aliphatic rings. The summed E-state index contributed by atoms with van der Waals surface area (Å²) in [7, 11) is 2.04. The molecule has 110 valence electrons. The number of amides is 2. The lowest BCUT2D eigenvalue weighted by Crippen LogP contribution is -2.59. The Bertz CT molecular complexity index is 323. The number of hydrogen-bond donors (Lipinski definition) is 2. The van der Waals surface area contributed by atoms with Crippen molar-refractivity contribution < 1.29 is 14.7 Å². The molecule has 2 N–H and O–H groups in total. The molecule has 0 saturated carbocycles. The monoisotopic (exact) mass is 271 g/mol. The minimum atomic E-state index is -0.967. The van der Waals surface area contributed by atoms with Gasteiger partial charge in [0, 0.05) is 25.2 Å². The van der Waals surface area contributed by atoms with Gasteiger partial charge in [0.1, 0.15) is 6.04 Å². The number of carbonyl (C=O) groups excluding carboxylic acids is 1. The minimum Gasteiger partial charge on any atom is -0.480 e. The van der Waals surface area contributed by atoms with Gasteiger partial charge < -0.3 is 15.3 Å². The topological polar surface area (TPSA) is 72.9 Å². The molecule has 3 unspecified atom stereocenters. The van der Waals surface area contributed by atoms with E-state index >= 15 is 0 Å². The average molecular weight is 271 g/mol. The van der Waals surface area contributed by atoms with Gasteiger partial charge >= 0.3 is 12.0 Å². The molecule has 1 heterocycles. The lowest BCUT2D eigenvalue weighted by atomic mass is 10.1. The van der Waals surface area contributed by atoms with Gasteiger partial charge in [-0.05, 0) is 27.3 Å². The van der Waals surface area contributed by atoms with Crippen LogP contribution in [-0.4, -0.2) is 65.2 Å². The summed E-state index contributed by atoms with van der Waals surface area (Å²) >= 11 is 0. The summed E-state index contributed by atoms with van der Waals surface area (Å²) < 4.78 is 0. The predicted octanol–water partition coefficient (Wildman–Crippen LogP) is 0.974. The molecule has 0 radical (unpaired) electrons. The van der Waals surface area contributed by atoms with Crippen LogP contribution in [0, 0.1) is 0 Å². The first-order chi connectivity index (χ1) is 8.86. The Morgan fingerprint density at radius 3 is 2.26 bits per heavy atom. The number of rotatable bonds is 4. The largest absolute Gasteiger partial charge is 0.480 e. The van der Waals surface area contributed by atoms with Crippen molar-refractivity contribution in [2.75, 3.05) is 20.1 Å². The van der Waals surface area contributed by atoms with Crippen molar-refractivity contribution in [3.05, 3.63) is 0 Å². The first kappa shape index (κ1) is 15.8. The third-order valence-corrected chi connectivity index (χ3v) is 3.82. The lowest BCUT2D eigenvalue weighted by Gasteiger charge is -2.42. The quantitative estimate of drug-likeness (QED) is 0.799. The SMILES string of the molecule is CCCC(NC(=O)N1CC(C)N(C)C(C)C1)C(=O)O. The highest BCUT2D eigenvalue weighted by atomic mass is 16.4. The molecule has 0 spiro atoms. The lowest BCUT2D eigenvalue weighted by molar-refractivity contribution is -0.139. The van der Waals surface area contributed by atoms with Crippen molar-refractivity contribution >= 4 is 12.0 Å². The number of nitrogens with zero attached hydrogens (tertiary/aromatic N) is 2. The van der Waals surface area contributed by atoms with Crippen molar-refractivity contribution in [3.63, 3.8) is 0 Å². The van der Waals surface area contributed by atoms with Crippen LogP contribution in [-0.2, 0) is 4.79 Å². The van der Waals surface area contributed by atoms with Gasteiger partial charge in [-0.3, -0.25) is 4.90 Å². The molecule has 3 atom stereocenters. The van der Waals surface area contributed by atoms with Gasteiger partial charge in [0.2, 0.25) is 0 Å². The molecule has 6 nitrogen and oxygen atoms in total. The van der Waals surface area contributed by atoms with Crippen LogP contribution in [0.15, 0.2) is 0 Å². The molecule has 1 saturated heterocycles. The summed E-state index contributed by atoms with van der Waals surface area (Å²) in [5, 5.41) is 11.7. The Kier molecular flexibility index (Phi) is 5.60. The number of carboxylic acid groups (broad SMARTS) is 1. The zero-order valence-electron chi connectivity index (χ0n) is 12.2. The van der Waals surface area contributed by atoms with Gasteiger partial charge in [-0.1, -0.05) is 13.3 Å². The van der Waals surface area contributed by atoms with Gasteiger partial charge in [0.15, 0.2) is 0 Å². The van der Waals surface area contributed by atoms with Crippen molar-refractivity contribution in [1.82, 2.24) is 15.1 Å². The summed E-state index contributed by atoms with van der Waals surface area (Å²) in [5.74, 6) is -0.967. The number of likely N-dealkylation sites (N-methyl/N-ethyl adjacent to an activating group) is 1. The molecule has 19 heavy (non-hydrogen) atoms. The fourth-order valence-corrected chi connectivity index (χ4v) is 2.36. The van der Waals surface area contributed by atoms with Crippen LogP contribution in [0.5, 0.6) is 0 Å². The molecule has 0 aliphatic carbocycles. The molecule has 1 aliphatic heterocycles. The van der Waals surface area contributed by atoms with Crippen LogP contribution < -0.4 is 5.32 Å². The molecule has 1 rings (SSSR count). The number of carboxylic acids is 1. The normalized spacial score (nSPS) is 26.0. The van der Waals surface area contributed by atoms with Crippen molar-refractivity contribution in [2.45, 2.75) is 51.7 Å². The molecular formula is C13H25N3O3. The molecule has 0 aromatic rings. The first-order valence-electron chi connectivity index (χ1n) is 6.87. The smallest absolute Gasteiger partial charge is 0.326 e. The molecule has 1 fully saturated rings. The van der Waals surface area contributed by atoms with Crippen LogP contribution in [0.25, 0.3) is 0 Å². The van der Waals surface area contributed by atoms with E-state index in [0.29, 0.717) is 19.5 Å². The molecule has 0 bridgehead atoms. The van der Waals surface area contributed by atoms with E-state index in [2.05, 4.69) is 24.1 Å². The van der Waals surface area contributed by atoms with E-state index in [1.54, 1.807) is 4.90 Å².